The number of para-hydroxylation sites is 2. The standard InChI is InChI=1S/C19H24N4O4S/c24-18(11-23-16-7-3-2-6-14(16)20-10-19(23)25)21-15-12-28(26,27)13-17(15)22-8-4-1-5-9-22/h2-3,6-7,10,15,17H,1,4-5,8-9,11-13H2,(H,21,24). The number of rotatable bonds is 4. The molecule has 3 heterocycles. The quantitative estimate of drug-likeness (QED) is 0.779. The normalized spacial score (nSPS) is 25.0. The largest absolute Gasteiger partial charge is 0.349 e. The van der Waals surface area contributed by atoms with Crippen molar-refractivity contribution >= 4 is 26.8 Å². The Labute approximate surface area is 163 Å². The Bertz CT molecular complexity index is 1040. The molecule has 1 aromatic heterocycles. The van der Waals surface area contributed by atoms with Crippen LogP contribution in [0.25, 0.3) is 11.0 Å². The fourth-order valence-electron chi connectivity index (χ4n) is 4.25. The summed E-state index contributed by atoms with van der Waals surface area (Å²) < 4.78 is 25.8. The Balaban J connectivity index is 1.53. The van der Waals surface area contributed by atoms with Gasteiger partial charge in [0.2, 0.25) is 5.91 Å². The molecular weight excluding hydrogens is 380 g/mol. The van der Waals surface area contributed by atoms with Crippen molar-refractivity contribution in [1.29, 1.82) is 0 Å². The Morgan fingerprint density at radius 2 is 1.89 bits per heavy atom. The van der Waals surface area contributed by atoms with Crippen LogP contribution in [0.5, 0.6) is 0 Å². The summed E-state index contributed by atoms with van der Waals surface area (Å²) >= 11 is 0. The molecule has 0 aliphatic carbocycles. The lowest BCUT2D eigenvalue weighted by Crippen LogP contribution is -2.53. The molecule has 0 spiro atoms. The van der Waals surface area contributed by atoms with E-state index in [-0.39, 0.29) is 35.6 Å². The number of nitrogens with zero attached hydrogens (tertiary/aromatic N) is 3. The van der Waals surface area contributed by atoms with E-state index in [1.807, 2.05) is 6.07 Å². The van der Waals surface area contributed by atoms with Crippen LogP contribution in [0.3, 0.4) is 0 Å². The Hall–Kier alpha value is -2.26. The van der Waals surface area contributed by atoms with Crippen LogP contribution in [-0.2, 0) is 21.2 Å². The molecule has 1 amide bonds. The molecule has 2 atom stereocenters. The highest BCUT2D eigenvalue weighted by atomic mass is 32.2. The highest BCUT2D eigenvalue weighted by molar-refractivity contribution is 7.91. The molecule has 150 valence electrons. The van der Waals surface area contributed by atoms with E-state index in [4.69, 9.17) is 0 Å². The van der Waals surface area contributed by atoms with Crippen LogP contribution in [0, 0.1) is 0 Å². The molecule has 8 nitrogen and oxygen atoms in total. The van der Waals surface area contributed by atoms with Gasteiger partial charge < -0.3 is 5.32 Å². The third kappa shape index (κ3) is 3.95. The van der Waals surface area contributed by atoms with E-state index in [2.05, 4.69) is 15.2 Å². The van der Waals surface area contributed by atoms with Gasteiger partial charge in [0.1, 0.15) is 6.54 Å². The number of amides is 1. The van der Waals surface area contributed by atoms with Gasteiger partial charge in [0.05, 0.1) is 34.8 Å². The molecule has 1 N–H and O–H groups in total. The van der Waals surface area contributed by atoms with Crippen LogP contribution in [0.4, 0.5) is 0 Å². The second kappa shape index (κ2) is 7.63. The summed E-state index contributed by atoms with van der Waals surface area (Å²) in [6.07, 6.45) is 4.46. The van der Waals surface area contributed by atoms with Gasteiger partial charge in [0.25, 0.3) is 5.56 Å². The van der Waals surface area contributed by atoms with E-state index < -0.39 is 15.9 Å². The van der Waals surface area contributed by atoms with Gasteiger partial charge in [0, 0.05) is 6.04 Å². The minimum absolute atomic E-state index is 0.0497. The summed E-state index contributed by atoms with van der Waals surface area (Å²) in [7, 11) is -3.19. The van der Waals surface area contributed by atoms with E-state index in [1.54, 1.807) is 18.2 Å². The van der Waals surface area contributed by atoms with Gasteiger partial charge in [-0.2, -0.15) is 0 Å². The van der Waals surface area contributed by atoms with E-state index in [1.165, 1.54) is 10.8 Å². The van der Waals surface area contributed by atoms with Crippen molar-refractivity contribution in [3.8, 4) is 0 Å². The van der Waals surface area contributed by atoms with Gasteiger partial charge in [0.15, 0.2) is 9.84 Å². The topological polar surface area (TPSA) is 101 Å². The lowest BCUT2D eigenvalue weighted by atomic mass is 10.0. The lowest BCUT2D eigenvalue weighted by Gasteiger charge is -2.35. The first-order valence-electron chi connectivity index (χ1n) is 9.61. The third-order valence-corrected chi connectivity index (χ3v) is 7.30. The molecule has 2 aliphatic rings. The van der Waals surface area contributed by atoms with E-state index in [0.29, 0.717) is 11.0 Å². The number of likely N-dealkylation sites (tertiary alicyclic amines) is 1. The number of benzene rings is 1. The van der Waals surface area contributed by atoms with Gasteiger partial charge in [-0.1, -0.05) is 18.6 Å². The van der Waals surface area contributed by atoms with Crippen molar-refractivity contribution in [1.82, 2.24) is 19.8 Å². The zero-order chi connectivity index (χ0) is 19.7. The first kappa shape index (κ1) is 19.1. The predicted octanol–water partition coefficient (Wildman–Crippen LogP) is 0.164. The summed E-state index contributed by atoms with van der Waals surface area (Å²) in [5.41, 5.74) is 0.849. The van der Waals surface area contributed by atoms with Gasteiger partial charge in [-0.15, -0.1) is 0 Å². The summed E-state index contributed by atoms with van der Waals surface area (Å²) in [5, 5.41) is 2.88. The second-order valence-corrected chi connectivity index (χ2v) is 9.74. The molecule has 0 bridgehead atoms. The van der Waals surface area contributed by atoms with Gasteiger partial charge >= 0.3 is 0 Å². The molecule has 2 saturated heterocycles. The molecule has 0 radical (unpaired) electrons. The molecule has 2 aliphatic heterocycles. The number of hydrogen-bond acceptors (Lipinski definition) is 6. The highest BCUT2D eigenvalue weighted by Gasteiger charge is 2.41. The molecule has 0 saturated carbocycles. The number of fused-ring (bicyclic) bond motifs is 1. The number of sulfone groups is 1. The minimum atomic E-state index is -3.19. The molecule has 9 heteroatoms. The zero-order valence-corrected chi connectivity index (χ0v) is 16.4. The van der Waals surface area contributed by atoms with Crippen LogP contribution < -0.4 is 10.9 Å². The fraction of sp³-hybridized carbons (Fsp3) is 0.526. The van der Waals surface area contributed by atoms with Crippen LogP contribution in [-0.4, -0.2) is 65.5 Å². The SMILES string of the molecule is O=C(Cn1c(=O)cnc2ccccc21)NC1CS(=O)(=O)CC1N1CCCCC1. The summed E-state index contributed by atoms with van der Waals surface area (Å²) in [6, 6.07) is 6.48. The molecule has 28 heavy (non-hydrogen) atoms. The van der Waals surface area contributed by atoms with Crippen molar-refractivity contribution in [2.45, 2.75) is 37.9 Å². The van der Waals surface area contributed by atoms with Gasteiger partial charge in [-0.3, -0.25) is 19.1 Å². The molecule has 1 aromatic carbocycles. The average molecular weight is 404 g/mol. The summed E-state index contributed by atoms with van der Waals surface area (Å²) in [5.74, 6) is -0.329. The monoisotopic (exact) mass is 404 g/mol. The molecular formula is C19H24N4O4S. The molecule has 2 unspecified atom stereocenters. The first-order valence-corrected chi connectivity index (χ1v) is 11.4. The number of piperidine rings is 1. The number of aromatic nitrogens is 2. The van der Waals surface area contributed by atoms with Crippen LogP contribution in [0.2, 0.25) is 0 Å². The molecule has 2 aromatic rings. The van der Waals surface area contributed by atoms with Crippen LogP contribution >= 0.6 is 0 Å². The number of carbonyl (C=O) groups excluding carboxylic acids is 1. The molecule has 2 fully saturated rings. The van der Waals surface area contributed by atoms with Gasteiger partial charge in [-0.05, 0) is 38.1 Å². The third-order valence-electron chi connectivity index (χ3n) is 5.58. The predicted molar refractivity (Wildman–Crippen MR) is 106 cm³/mol. The first-order chi connectivity index (χ1) is 13.4. The maximum atomic E-state index is 12.7. The van der Waals surface area contributed by atoms with Gasteiger partial charge in [-0.25, -0.2) is 13.4 Å². The smallest absolute Gasteiger partial charge is 0.269 e. The number of nitrogens with one attached hydrogen (secondary N) is 1. The number of carbonyl (C=O) groups is 1. The van der Waals surface area contributed by atoms with E-state index >= 15 is 0 Å². The van der Waals surface area contributed by atoms with E-state index in [9.17, 15) is 18.0 Å². The van der Waals surface area contributed by atoms with Crippen molar-refractivity contribution in [3.05, 3.63) is 40.8 Å². The summed E-state index contributed by atoms with van der Waals surface area (Å²) in [4.78, 5) is 31.2. The average Bonchev–Trinajstić information content (AvgIpc) is 2.99. The summed E-state index contributed by atoms with van der Waals surface area (Å²) in [6.45, 7) is 1.56. The highest BCUT2D eigenvalue weighted by Crippen LogP contribution is 2.22. The molecule has 4 rings (SSSR count). The zero-order valence-electron chi connectivity index (χ0n) is 15.6. The second-order valence-electron chi connectivity index (χ2n) is 7.59. The maximum Gasteiger partial charge on any atom is 0.269 e. The number of hydrogen-bond donors (Lipinski definition) is 1. The van der Waals surface area contributed by atoms with Crippen molar-refractivity contribution < 1.29 is 13.2 Å². The van der Waals surface area contributed by atoms with Crippen molar-refractivity contribution in [3.63, 3.8) is 0 Å². The fourth-order valence-corrected chi connectivity index (χ4v) is 6.20. The Kier molecular flexibility index (Phi) is 5.20. The van der Waals surface area contributed by atoms with E-state index in [0.717, 1.165) is 32.4 Å². The lowest BCUT2D eigenvalue weighted by molar-refractivity contribution is -0.122. The van der Waals surface area contributed by atoms with Crippen LogP contribution in [0.15, 0.2) is 35.3 Å². The Morgan fingerprint density at radius 3 is 2.68 bits per heavy atom. The minimum Gasteiger partial charge on any atom is -0.349 e. The van der Waals surface area contributed by atoms with Crippen molar-refractivity contribution in [2.75, 3.05) is 24.6 Å². The maximum absolute atomic E-state index is 12.7. The Morgan fingerprint density at radius 1 is 1.14 bits per heavy atom. The van der Waals surface area contributed by atoms with Crippen molar-refractivity contribution in [2.24, 2.45) is 0 Å². The van der Waals surface area contributed by atoms with Crippen LogP contribution in [0.1, 0.15) is 19.3 Å².